The number of nitrogens with one attached hydrogen (secondary N) is 2. The van der Waals surface area contributed by atoms with Crippen molar-refractivity contribution >= 4 is 23.0 Å². The summed E-state index contributed by atoms with van der Waals surface area (Å²) in [7, 11) is 0. The Morgan fingerprint density at radius 1 is 1.18 bits per heavy atom. The van der Waals surface area contributed by atoms with Gasteiger partial charge >= 0.3 is 0 Å². The molecule has 1 aliphatic heterocycles. The zero-order chi connectivity index (χ0) is 15.5. The maximum absolute atomic E-state index is 5.26. The van der Waals surface area contributed by atoms with E-state index in [-0.39, 0.29) is 0 Å². The number of thiocarbonyl (C=S) groups is 1. The van der Waals surface area contributed by atoms with Crippen LogP contribution in [0.1, 0.15) is 32.5 Å². The summed E-state index contributed by atoms with van der Waals surface area (Å²) in [5.74, 6) is 2.06. The van der Waals surface area contributed by atoms with Gasteiger partial charge in [0.15, 0.2) is 10.9 Å². The molecule has 0 spiro atoms. The Morgan fingerprint density at radius 2 is 1.95 bits per heavy atom. The van der Waals surface area contributed by atoms with Gasteiger partial charge in [0.2, 0.25) is 0 Å². The third kappa shape index (κ3) is 3.27. The Morgan fingerprint density at radius 3 is 2.68 bits per heavy atom. The molecule has 6 heteroatoms. The number of benzene rings is 1. The average Bonchev–Trinajstić information content (AvgIpc) is 2.91. The van der Waals surface area contributed by atoms with Crippen molar-refractivity contribution in [1.82, 2.24) is 20.1 Å². The highest BCUT2D eigenvalue weighted by molar-refractivity contribution is 7.80. The van der Waals surface area contributed by atoms with Gasteiger partial charge in [-0.3, -0.25) is 0 Å². The minimum atomic E-state index is 0.321. The topological polar surface area (TPSA) is 54.8 Å². The number of hydrogen-bond donors (Lipinski definition) is 2. The number of nitrogens with zero attached hydrogens (tertiary/aromatic N) is 3. The van der Waals surface area contributed by atoms with Crippen LogP contribution in [-0.4, -0.2) is 25.9 Å². The second-order valence-corrected chi connectivity index (χ2v) is 6.29. The minimum absolute atomic E-state index is 0.321. The fraction of sp³-hybridized carbons (Fsp3) is 0.438. The minimum Gasteiger partial charge on any atom is -0.360 e. The molecule has 1 aromatic carbocycles. The standard InChI is InChI=1S/C16H21N5S/c1-11(2)17-16(22)18-13-8-6-12(7-9-13)15-20-19-14-5-3-4-10-21(14)15/h6-9,11H,3-5,10H2,1-2H3,(H2,17,18,22). The van der Waals surface area contributed by atoms with Gasteiger partial charge in [-0.15, -0.1) is 10.2 Å². The lowest BCUT2D eigenvalue weighted by atomic mass is 10.1. The van der Waals surface area contributed by atoms with Crippen LogP contribution < -0.4 is 10.6 Å². The number of aromatic nitrogens is 3. The maximum Gasteiger partial charge on any atom is 0.170 e. The van der Waals surface area contributed by atoms with Crippen LogP contribution in [0.5, 0.6) is 0 Å². The molecule has 3 rings (SSSR count). The predicted octanol–water partition coefficient (Wildman–Crippen LogP) is 2.98. The van der Waals surface area contributed by atoms with Crippen molar-refractivity contribution in [1.29, 1.82) is 0 Å². The van der Waals surface area contributed by atoms with Crippen molar-refractivity contribution in [2.24, 2.45) is 0 Å². The van der Waals surface area contributed by atoms with Crippen LogP contribution >= 0.6 is 12.2 Å². The van der Waals surface area contributed by atoms with E-state index in [9.17, 15) is 0 Å². The lowest BCUT2D eigenvalue weighted by Crippen LogP contribution is -2.33. The molecular formula is C16H21N5S. The van der Waals surface area contributed by atoms with Crippen LogP contribution in [0, 0.1) is 0 Å². The van der Waals surface area contributed by atoms with E-state index in [1.165, 1.54) is 12.8 Å². The monoisotopic (exact) mass is 315 g/mol. The van der Waals surface area contributed by atoms with E-state index in [1.54, 1.807) is 0 Å². The lowest BCUT2D eigenvalue weighted by molar-refractivity contribution is 0.526. The summed E-state index contributed by atoms with van der Waals surface area (Å²) in [4.78, 5) is 0. The Balaban J connectivity index is 1.74. The summed E-state index contributed by atoms with van der Waals surface area (Å²) < 4.78 is 2.23. The van der Waals surface area contributed by atoms with Gasteiger partial charge < -0.3 is 15.2 Å². The van der Waals surface area contributed by atoms with Gasteiger partial charge in [0, 0.05) is 30.3 Å². The molecule has 0 saturated carbocycles. The molecule has 0 bridgehead atoms. The zero-order valence-electron chi connectivity index (χ0n) is 13.0. The first-order chi connectivity index (χ1) is 10.6. The molecule has 0 atom stereocenters. The van der Waals surface area contributed by atoms with Gasteiger partial charge in [0.25, 0.3) is 0 Å². The van der Waals surface area contributed by atoms with Crippen molar-refractivity contribution in [2.75, 3.05) is 5.32 Å². The highest BCUT2D eigenvalue weighted by atomic mass is 32.1. The number of rotatable bonds is 3. The van der Waals surface area contributed by atoms with E-state index in [2.05, 4.69) is 51.4 Å². The van der Waals surface area contributed by atoms with Crippen LogP contribution in [0.25, 0.3) is 11.4 Å². The van der Waals surface area contributed by atoms with Crippen molar-refractivity contribution in [3.05, 3.63) is 30.1 Å². The van der Waals surface area contributed by atoms with Crippen LogP contribution in [0.4, 0.5) is 5.69 Å². The molecule has 0 amide bonds. The number of fused-ring (bicyclic) bond motifs is 1. The third-order valence-corrected chi connectivity index (χ3v) is 3.90. The fourth-order valence-corrected chi connectivity index (χ4v) is 3.01. The summed E-state index contributed by atoms with van der Waals surface area (Å²) in [5, 5.41) is 15.7. The van der Waals surface area contributed by atoms with Gasteiger partial charge in [-0.25, -0.2) is 0 Å². The van der Waals surface area contributed by atoms with Crippen molar-refractivity contribution < 1.29 is 0 Å². The lowest BCUT2D eigenvalue weighted by Gasteiger charge is -2.15. The second-order valence-electron chi connectivity index (χ2n) is 5.88. The Bertz CT molecular complexity index is 660. The highest BCUT2D eigenvalue weighted by Gasteiger charge is 2.16. The van der Waals surface area contributed by atoms with Gasteiger partial charge in [-0.1, -0.05) is 0 Å². The smallest absolute Gasteiger partial charge is 0.170 e. The highest BCUT2D eigenvalue weighted by Crippen LogP contribution is 2.24. The van der Waals surface area contributed by atoms with Crippen LogP contribution in [0.15, 0.2) is 24.3 Å². The van der Waals surface area contributed by atoms with E-state index in [0.717, 1.165) is 35.9 Å². The van der Waals surface area contributed by atoms with Crippen molar-refractivity contribution in [2.45, 2.75) is 45.7 Å². The third-order valence-electron chi connectivity index (χ3n) is 3.68. The van der Waals surface area contributed by atoms with E-state index in [1.807, 2.05) is 12.1 Å². The average molecular weight is 315 g/mol. The molecule has 0 saturated heterocycles. The molecule has 0 aliphatic carbocycles. The summed E-state index contributed by atoms with van der Waals surface area (Å²) in [6.45, 7) is 5.14. The summed E-state index contributed by atoms with van der Waals surface area (Å²) in [6, 6.07) is 8.49. The van der Waals surface area contributed by atoms with Gasteiger partial charge in [-0.2, -0.15) is 0 Å². The molecule has 0 fully saturated rings. The normalized spacial score (nSPS) is 13.8. The van der Waals surface area contributed by atoms with Crippen LogP contribution in [0.2, 0.25) is 0 Å². The van der Waals surface area contributed by atoms with Crippen LogP contribution in [-0.2, 0) is 13.0 Å². The first kappa shape index (κ1) is 15.0. The van der Waals surface area contributed by atoms with E-state index >= 15 is 0 Å². The number of anilines is 1. The molecule has 5 nitrogen and oxygen atoms in total. The largest absolute Gasteiger partial charge is 0.360 e. The molecular weight excluding hydrogens is 294 g/mol. The summed E-state index contributed by atoms with van der Waals surface area (Å²) >= 11 is 5.26. The molecule has 1 aliphatic rings. The summed E-state index contributed by atoms with van der Waals surface area (Å²) in [6.07, 6.45) is 3.44. The number of hydrogen-bond acceptors (Lipinski definition) is 3. The predicted molar refractivity (Wildman–Crippen MR) is 92.9 cm³/mol. The van der Waals surface area contributed by atoms with E-state index in [0.29, 0.717) is 11.2 Å². The van der Waals surface area contributed by atoms with Gasteiger partial charge in [0.05, 0.1) is 0 Å². The molecule has 1 aromatic heterocycles. The Kier molecular flexibility index (Phi) is 4.38. The van der Waals surface area contributed by atoms with Crippen molar-refractivity contribution in [3.63, 3.8) is 0 Å². The van der Waals surface area contributed by atoms with Crippen molar-refractivity contribution in [3.8, 4) is 11.4 Å². The number of aryl methyl sites for hydroxylation is 1. The zero-order valence-corrected chi connectivity index (χ0v) is 13.8. The first-order valence-corrected chi connectivity index (χ1v) is 8.14. The molecule has 0 radical (unpaired) electrons. The molecule has 2 heterocycles. The van der Waals surface area contributed by atoms with Gasteiger partial charge in [-0.05, 0) is 63.2 Å². The molecule has 116 valence electrons. The fourth-order valence-electron chi connectivity index (χ4n) is 2.65. The maximum atomic E-state index is 5.26. The summed E-state index contributed by atoms with van der Waals surface area (Å²) in [5.41, 5.74) is 2.06. The SMILES string of the molecule is CC(C)NC(=S)Nc1ccc(-c2nnc3n2CCCC3)cc1. The van der Waals surface area contributed by atoms with Gasteiger partial charge in [0.1, 0.15) is 5.82 Å². The molecule has 2 aromatic rings. The quantitative estimate of drug-likeness (QED) is 0.853. The Hall–Kier alpha value is -1.95. The second kappa shape index (κ2) is 6.44. The first-order valence-electron chi connectivity index (χ1n) is 7.73. The van der Waals surface area contributed by atoms with E-state index in [4.69, 9.17) is 12.2 Å². The molecule has 22 heavy (non-hydrogen) atoms. The molecule has 2 N–H and O–H groups in total. The molecule has 0 unspecified atom stereocenters. The van der Waals surface area contributed by atoms with Crippen LogP contribution in [0.3, 0.4) is 0 Å². The van der Waals surface area contributed by atoms with E-state index < -0.39 is 0 Å². The Labute approximate surface area is 136 Å².